The first-order valence-corrected chi connectivity index (χ1v) is 13.4. The lowest BCUT2D eigenvalue weighted by Gasteiger charge is -2.59. The minimum Gasteiger partial charge on any atom is -0.0628 e. The van der Waals surface area contributed by atoms with Gasteiger partial charge in [-0.05, 0) is 104 Å². The van der Waals surface area contributed by atoms with Crippen LogP contribution in [0, 0.1) is 52.3 Å². The predicted octanol–water partition coefficient (Wildman–Crippen LogP) is 8.89. The summed E-state index contributed by atoms with van der Waals surface area (Å²) in [5.74, 6) is 7.12. The van der Waals surface area contributed by atoms with Crippen molar-refractivity contribution in [3.8, 4) is 0 Å². The van der Waals surface area contributed by atoms with E-state index in [4.69, 9.17) is 0 Å². The fraction of sp³-hybridized carbons (Fsp3) is 1.00. The van der Waals surface area contributed by atoms with E-state index in [0.29, 0.717) is 10.8 Å². The van der Waals surface area contributed by atoms with Crippen molar-refractivity contribution >= 4 is 0 Å². The summed E-state index contributed by atoms with van der Waals surface area (Å²) < 4.78 is 0. The van der Waals surface area contributed by atoms with Gasteiger partial charge in [0.05, 0.1) is 0 Å². The monoisotopic (exact) mass is 386 g/mol. The van der Waals surface area contributed by atoms with E-state index in [2.05, 4.69) is 34.6 Å². The lowest BCUT2D eigenvalue weighted by Crippen LogP contribution is -2.52. The molecule has 0 spiro atoms. The van der Waals surface area contributed by atoms with Crippen molar-refractivity contribution < 1.29 is 0 Å². The van der Waals surface area contributed by atoms with Gasteiger partial charge in [-0.2, -0.15) is 0 Å². The highest BCUT2D eigenvalue weighted by atomic mass is 14.6. The van der Waals surface area contributed by atoms with Crippen LogP contribution in [0.5, 0.6) is 0 Å². The molecule has 0 aliphatic heterocycles. The zero-order chi connectivity index (χ0) is 19.9. The Balaban J connectivity index is 1.47. The van der Waals surface area contributed by atoms with E-state index in [0.717, 1.165) is 41.4 Å². The molecule has 0 heterocycles. The average Bonchev–Trinajstić information content (AvgIpc) is 2.87. The van der Waals surface area contributed by atoms with Crippen LogP contribution < -0.4 is 0 Å². The summed E-state index contributed by atoms with van der Waals surface area (Å²) in [5, 5.41) is 0. The topological polar surface area (TPSA) is 0 Å². The molecule has 8 atom stereocenters. The zero-order valence-corrected chi connectivity index (χ0v) is 19.9. The Morgan fingerprint density at radius 1 is 0.714 bits per heavy atom. The molecule has 0 N–H and O–H groups in total. The molecule has 4 saturated carbocycles. The molecular weight excluding hydrogens is 336 g/mol. The molecular formula is C28H50. The molecule has 0 aromatic heterocycles. The van der Waals surface area contributed by atoms with Gasteiger partial charge in [0, 0.05) is 0 Å². The molecule has 162 valence electrons. The quantitative estimate of drug-likeness (QED) is 0.442. The summed E-state index contributed by atoms with van der Waals surface area (Å²) in [5.41, 5.74) is 1.37. The molecule has 4 fully saturated rings. The second-order valence-electron chi connectivity index (χ2n) is 12.8. The van der Waals surface area contributed by atoms with Crippen LogP contribution in [-0.4, -0.2) is 0 Å². The van der Waals surface area contributed by atoms with Crippen LogP contribution >= 0.6 is 0 Å². The van der Waals surface area contributed by atoms with Gasteiger partial charge in [-0.3, -0.25) is 0 Å². The van der Waals surface area contributed by atoms with E-state index in [-0.39, 0.29) is 0 Å². The second kappa shape index (κ2) is 8.26. The summed E-state index contributed by atoms with van der Waals surface area (Å²) in [6.07, 6.45) is 21.4. The Labute approximate surface area is 177 Å². The Bertz CT molecular complexity index is 520. The van der Waals surface area contributed by atoms with Crippen molar-refractivity contribution in [1.82, 2.24) is 0 Å². The molecule has 28 heavy (non-hydrogen) atoms. The number of hydrogen-bond acceptors (Lipinski definition) is 0. The number of hydrogen-bond donors (Lipinski definition) is 0. The normalized spacial score (nSPS) is 47.1. The summed E-state index contributed by atoms with van der Waals surface area (Å²) >= 11 is 0. The first-order valence-electron chi connectivity index (χ1n) is 13.4. The van der Waals surface area contributed by atoms with Crippen LogP contribution in [0.1, 0.15) is 125 Å². The van der Waals surface area contributed by atoms with Gasteiger partial charge < -0.3 is 0 Å². The Morgan fingerprint density at radius 3 is 2.29 bits per heavy atom. The third kappa shape index (κ3) is 3.62. The molecule has 0 unspecified atom stereocenters. The SMILES string of the molecule is CC(C)CCC[C@@H](C)[C@H]1CC[C@H]2[C@H]3CC[C@H]4CCCCC[C@]4(C)[C@@H]3CC[C@]12C. The Hall–Kier alpha value is 0. The minimum atomic E-state index is 0.673. The Kier molecular flexibility index (Phi) is 6.27. The Morgan fingerprint density at radius 2 is 1.50 bits per heavy atom. The molecule has 0 bridgehead atoms. The van der Waals surface area contributed by atoms with Gasteiger partial charge in [0.15, 0.2) is 0 Å². The van der Waals surface area contributed by atoms with Gasteiger partial charge in [0.25, 0.3) is 0 Å². The lowest BCUT2D eigenvalue weighted by atomic mass is 9.46. The molecule has 0 radical (unpaired) electrons. The van der Waals surface area contributed by atoms with Crippen molar-refractivity contribution in [2.45, 2.75) is 125 Å². The molecule has 0 saturated heterocycles. The standard InChI is InChI=1S/C28H50/c1-20(2)10-9-11-21(3)24-15-16-25-23-14-13-22-12-7-6-8-18-27(22,4)26(23)17-19-28(24,25)5/h20-26H,6-19H2,1-5H3/t21-,22-,23-,24-,25+,26-,27+,28-/m1/s1. The van der Waals surface area contributed by atoms with Crippen LogP contribution in [0.3, 0.4) is 0 Å². The van der Waals surface area contributed by atoms with Crippen molar-refractivity contribution in [2.24, 2.45) is 52.3 Å². The van der Waals surface area contributed by atoms with E-state index < -0.39 is 0 Å². The highest BCUT2D eigenvalue weighted by Crippen LogP contribution is 2.68. The van der Waals surface area contributed by atoms with Gasteiger partial charge in [-0.15, -0.1) is 0 Å². The van der Waals surface area contributed by atoms with Crippen molar-refractivity contribution in [1.29, 1.82) is 0 Å². The maximum Gasteiger partial charge on any atom is -0.0264 e. The summed E-state index contributed by atoms with van der Waals surface area (Å²) in [4.78, 5) is 0. The van der Waals surface area contributed by atoms with Gasteiger partial charge in [0.2, 0.25) is 0 Å². The molecule has 0 amide bonds. The van der Waals surface area contributed by atoms with Crippen LogP contribution in [-0.2, 0) is 0 Å². The highest BCUT2D eigenvalue weighted by molar-refractivity contribution is 5.08. The number of fused-ring (bicyclic) bond motifs is 5. The van der Waals surface area contributed by atoms with Crippen LogP contribution in [0.4, 0.5) is 0 Å². The smallest absolute Gasteiger partial charge is 0.0264 e. The number of rotatable bonds is 5. The summed E-state index contributed by atoms with van der Waals surface area (Å²) in [6.45, 7) is 12.9. The van der Waals surface area contributed by atoms with E-state index in [1.807, 2.05) is 0 Å². The maximum absolute atomic E-state index is 2.76. The lowest BCUT2D eigenvalue weighted by molar-refractivity contribution is -0.103. The highest BCUT2D eigenvalue weighted by Gasteiger charge is 2.59. The molecule has 4 aliphatic carbocycles. The summed E-state index contributed by atoms with van der Waals surface area (Å²) in [7, 11) is 0. The average molecular weight is 387 g/mol. The molecule has 0 heteroatoms. The fourth-order valence-electron chi connectivity index (χ4n) is 9.50. The molecule has 0 aromatic rings. The van der Waals surface area contributed by atoms with Crippen LogP contribution in [0.2, 0.25) is 0 Å². The molecule has 0 aromatic carbocycles. The molecule has 4 aliphatic rings. The van der Waals surface area contributed by atoms with E-state index in [9.17, 15) is 0 Å². The van der Waals surface area contributed by atoms with Crippen LogP contribution in [0.15, 0.2) is 0 Å². The van der Waals surface area contributed by atoms with Gasteiger partial charge in [-0.25, -0.2) is 0 Å². The zero-order valence-electron chi connectivity index (χ0n) is 19.9. The van der Waals surface area contributed by atoms with Gasteiger partial charge in [-0.1, -0.05) is 73.1 Å². The maximum atomic E-state index is 2.76. The summed E-state index contributed by atoms with van der Waals surface area (Å²) in [6, 6.07) is 0. The fourth-order valence-corrected chi connectivity index (χ4v) is 9.50. The molecule has 4 rings (SSSR count). The third-order valence-corrected chi connectivity index (χ3v) is 11.0. The van der Waals surface area contributed by atoms with Gasteiger partial charge in [0.1, 0.15) is 0 Å². The van der Waals surface area contributed by atoms with E-state index in [1.54, 1.807) is 51.4 Å². The van der Waals surface area contributed by atoms with Crippen LogP contribution in [0.25, 0.3) is 0 Å². The third-order valence-electron chi connectivity index (χ3n) is 11.0. The minimum absolute atomic E-state index is 0.673. The largest absolute Gasteiger partial charge is 0.0628 e. The van der Waals surface area contributed by atoms with Crippen molar-refractivity contribution in [3.63, 3.8) is 0 Å². The first-order chi connectivity index (χ1) is 13.4. The first kappa shape index (κ1) is 21.2. The van der Waals surface area contributed by atoms with E-state index >= 15 is 0 Å². The van der Waals surface area contributed by atoms with Crippen molar-refractivity contribution in [2.75, 3.05) is 0 Å². The van der Waals surface area contributed by atoms with Gasteiger partial charge >= 0.3 is 0 Å². The van der Waals surface area contributed by atoms with Crippen molar-refractivity contribution in [3.05, 3.63) is 0 Å². The second-order valence-corrected chi connectivity index (χ2v) is 12.8. The van der Waals surface area contributed by atoms with E-state index in [1.165, 1.54) is 38.5 Å². The predicted molar refractivity (Wildman–Crippen MR) is 122 cm³/mol. The molecule has 0 nitrogen and oxygen atoms in total.